The van der Waals surface area contributed by atoms with E-state index in [1.807, 2.05) is 25.1 Å². The third-order valence-corrected chi connectivity index (χ3v) is 3.27. The molecule has 0 aliphatic carbocycles. The molecule has 0 radical (unpaired) electrons. The van der Waals surface area contributed by atoms with Gasteiger partial charge in [-0.25, -0.2) is 15.0 Å². The summed E-state index contributed by atoms with van der Waals surface area (Å²) in [6.45, 7) is 14.5. The Hall–Kier alpha value is -1.97. The van der Waals surface area contributed by atoms with E-state index in [4.69, 9.17) is 0 Å². The van der Waals surface area contributed by atoms with Crippen molar-refractivity contribution in [2.24, 2.45) is 0 Å². The number of benzene rings is 1. The zero-order valence-electron chi connectivity index (χ0n) is 14.7. The molecule has 22 heavy (non-hydrogen) atoms. The van der Waals surface area contributed by atoms with Gasteiger partial charge in [0.25, 0.3) is 0 Å². The van der Waals surface area contributed by atoms with E-state index < -0.39 is 0 Å². The van der Waals surface area contributed by atoms with Gasteiger partial charge in [0.2, 0.25) is 0 Å². The Morgan fingerprint density at radius 1 is 0.818 bits per heavy atom. The smallest absolute Gasteiger partial charge is 0.128 e. The predicted octanol–water partition coefficient (Wildman–Crippen LogP) is 4.17. The zero-order chi connectivity index (χ0) is 17.0. The van der Waals surface area contributed by atoms with E-state index in [9.17, 15) is 5.11 Å². The third-order valence-electron chi connectivity index (χ3n) is 3.27. The molecule has 0 spiro atoms. The fourth-order valence-corrected chi connectivity index (χ4v) is 2.05. The Morgan fingerprint density at radius 2 is 1.23 bits per heavy atom. The van der Waals surface area contributed by atoms with Crippen LogP contribution in [0.3, 0.4) is 0 Å². The van der Waals surface area contributed by atoms with Crippen LogP contribution in [0.1, 0.15) is 58.5 Å². The highest BCUT2D eigenvalue weighted by Gasteiger charge is 2.24. The topological polar surface area (TPSA) is 58.9 Å². The summed E-state index contributed by atoms with van der Waals surface area (Å²) in [5.74, 6) is 1.22. The number of nitrogens with zero attached hydrogens (tertiary/aromatic N) is 3. The normalized spacial score (nSPS) is 11.6. The highest BCUT2D eigenvalue weighted by atomic mass is 16.3. The number of phenolic OH excluding ortho intramolecular Hbond substituents is 1. The molecule has 0 unspecified atom stereocenters. The van der Waals surface area contributed by atoms with Crippen LogP contribution in [0.4, 0.5) is 0 Å². The van der Waals surface area contributed by atoms with Crippen molar-refractivity contribution in [2.75, 3.05) is 0 Å². The monoisotopic (exact) mass is 301 g/mol. The highest BCUT2D eigenvalue weighted by molar-refractivity contribution is 5.46. The molecule has 0 saturated carbocycles. The van der Waals surface area contributed by atoms with Crippen molar-refractivity contribution in [1.82, 2.24) is 15.0 Å². The lowest BCUT2D eigenvalue weighted by atomic mass is 9.80. The van der Waals surface area contributed by atoms with E-state index in [-0.39, 0.29) is 10.8 Å². The maximum absolute atomic E-state index is 10.3. The van der Waals surface area contributed by atoms with Gasteiger partial charge in [0.05, 0.1) is 0 Å². The predicted molar refractivity (Wildman–Crippen MR) is 90.1 cm³/mol. The molecule has 0 bridgehead atoms. The average Bonchev–Trinajstić information content (AvgIpc) is 2.37. The second kappa shape index (κ2) is 6.86. The summed E-state index contributed by atoms with van der Waals surface area (Å²) in [7, 11) is 0. The molecule has 2 rings (SSSR count). The van der Waals surface area contributed by atoms with Gasteiger partial charge in [0, 0.05) is 0 Å². The molecule has 120 valence electrons. The zero-order valence-corrected chi connectivity index (χ0v) is 14.7. The molecule has 0 saturated heterocycles. The summed E-state index contributed by atoms with van der Waals surface area (Å²) in [5.41, 5.74) is 2.03. The van der Waals surface area contributed by atoms with E-state index in [1.165, 1.54) is 12.7 Å². The van der Waals surface area contributed by atoms with Crippen molar-refractivity contribution in [3.63, 3.8) is 0 Å². The maximum Gasteiger partial charge on any atom is 0.128 e. The van der Waals surface area contributed by atoms with E-state index in [2.05, 4.69) is 56.5 Å². The molecule has 4 nitrogen and oxygen atoms in total. The van der Waals surface area contributed by atoms with Crippen molar-refractivity contribution >= 4 is 0 Å². The molecule has 4 heteroatoms. The van der Waals surface area contributed by atoms with Crippen LogP contribution in [-0.2, 0) is 10.8 Å². The van der Waals surface area contributed by atoms with Crippen LogP contribution >= 0.6 is 0 Å². The number of aryl methyl sites for hydroxylation is 1. The van der Waals surface area contributed by atoms with Crippen molar-refractivity contribution in [3.05, 3.63) is 47.8 Å². The van der Waals surface area contributed by atoms with Crippen LogP contribution in [0.2, 0.25) is 0 Å². The van der Waals surface area contributed by atoms with Crippen LogP contribution in [0.15, 0.2) is 30.9 Å². The summed E-state index contributed by atoms with van der Waals surface area (Å²) in [5, 5.41) is 10.3. The summed E-state index contributed by atoms with van der Waals surface area (Å²) in [6.07, 6.45) is 2.95. The number of para-hydroxylation sites is 1. The number of aromatic nitrogens is 3. The SMILES string of the molecule is CC(C)(C)c1cccc(C(C)(C)C)c1O.Cc1ncncn1. The van der Waals surface area contributed by atoms with Crippen LogP contribution in [-0.4, -0.2) is 20.1 Å². The van der Waals surface area contributed by atoms with Gasteiger partial charge in [-0.3, -0.25) is 0 Å². The van der Waals surface area contributed by atoms with Crippen molar-refractivity contribution in [2.45, 2.75) is 59.3 Å². The van der Waals surface area contributed by atoms with Gasteiger partial charge in [0.1, 0.15) is 24.2 Å². The van der Waals surface area contributed by atoms with Gasteiger partial charge in [-0.1, -0.05) is 59.7 Å². The largest absolute Gasteiger partial charge is 0.507 e. The van der Waals surface area contributed by atoms with Crippen LogP contribution in [0.5, 0.6) is 5.75 Å². The van der Waals surface area contributed by atoms with Crippen LogP contribution in [0, 0.1) is 6.92 Å². The molecule has 0 aliphatic heterocycles. The number of phenols is 1. The summed E-state index contributed by atoms with van der Waals surface area (Å²) >= 11 is 0. The summed E-state index contributed by atoms with van der Waals surface area (Å²) in [6, 6.07) is 6.04. The first-order valence-corrected chi connectivity index (χ1v) is 7.45. The van der Waals surface area contributed by atoms with Crippen molar-refractivity contribution in [3.8, 4) is 5.75 Å². The van der Waals surface area contributed by atoms with Crippen molar-refractivity contribution in [1.29, 1.82) is 0 Å². The first-order chi connectivity index (χ1) is 10.0. The second-order valence-corrected chi connectivity index (χ2v) is 7.39. The summed E-state index contributed by atoms with van der Waals surface area (Å²) in [4.78, 5) is 11.1. The van der Waals surface area contributed by atoms with Gasteiger partial charge in [-0.15, -0.1) is 0 Å². The minimum atomic E-state index is -0.00859. The lowest BCUT2D eigenvalue weighted by molar-refractivity contribution is 0.423. The Balaban J connectivity index is 0.000000287. The molecule has 0 fully saturated rings. The Kier molecular flexibility index (Phi) is 5.64. The quantitative estimate of drug-likeness (QED) is 0.793. The first kappa shape index (κ1) is 18.1. The number of aromatic hydroxyl groups is 1. The molecule has 1 aromatic heterocycles. The molecule has 1 aromatic carbocycles. The van der Waals surface area contributed by atoms with Crippen LogP contribution in [0.25, 0.3) is 0 Å². The highest BCUT2D eigenvalue weighted by Crippen LogP contribution is 2.38. The molecule has 1 heterocycles. The van der Waals surface area contributed by atoms with Gasteiger partial charge >= 0.3 is 0 Å². The minimum absolute atomic E-state index is 0.00859. The standard InChI is InChI=1S/C14H22O.C4H5N3/c1-13(2,3)10-8-7-9-11(12(10)15)14(4,5)6;1-4-6-2-5-3-7-4/h7-9,15H,1-6H3;2-3H,1H3. The molecule has 0 amide bonds. The molecular formula is C18H27N3O. The molecule has 2 aromatic rings. The number of hydrogen-bond donors (Lipinski definition) is 1. The number of rotatable bonds is 0. The Morgan fingerprint density at radius 3 is 1.50 bits per heavy atom. The average molecular weight is 301 g/mol. The minimum Gasteiger partial charge on any atom is -0.507 e. The fraction of sp³-hybridized carbons (Fsp3) is 0.500. The Bertz CT molecular complexity index is 564. The van der Waals surface area contributed by atoms with Crippen LogP contribution < -0.4 is 0 Å². The first-order valence-electron chi connectivity index (χ1n) is 7.45. The van der Waals surface area contributed by atoms with E-state index in [1.54, 1.807) is 0 Å². The molecular weight excluding hydrogens is 274 g/mol. The molecule has 0 aliphatic rings. The van der Waals surface area contributed by atoms with Gasteiger partial charge in [-0.2, -0.15) is 0 Å². The Labute approximate surface area is 133 Å². The molecule has 0 atom stereocenters. The van der Waals surface area contributed by atoms with E-state index in [0.717, 1.165) is 17.0 Å². The lowest BCUT2D eigenvalue weighted by Crippen LogP contribution is -2.16. The van der Waals surface area contributed by atoms with E-state index in [0.29, 0.717) is 5.75 Å². The maximum atomic E-state index is 10.3. The van der Waals surface area contributed by atoms with Gasteiger partial charge < -0.3 is 5.11 Å². The third kappa shape index (κ3) is 5.10. The lowest BCUT2D eigenvalue weighted by Gasteiger charge is -2.26. The fourth-order valence-electron chi connectivity index (χ4n) is 2.05. The van der Waals surface area contributed by atoms with Gasteiger partial charge in [-0.05, 0) is 28.9 Å². The second-order valence-electron chi connectivity index (χ2n) is 7.39. The molecule has 1 N–H and O–H groups in total. The van der Waals surface area contributed by atoms with Gasteiger partial charge in [0.15, 0.2) is 0 Å². The summed E-state index contributed by atoms with van der Waals surface area (Å²) < 4.78 is 0. The van der Waals surface area contributed by atoms with E-state index >= 15 is 0 Å². The number of hydrogen-bond acceptors (Lipinski definition) is 4. The van der Waals surface area contributed by atoms with Crippen molar-refractivity contribution < 1.29 is 5.11 Å².